The first-order chi connectivity index (χ1) is 6.25. The standard InChI is InChI=1S/C7H11F3N4/c1-13(2)6-4(11)5(7(8,9)10)12-14(6)3/h11H2,1-3H3. The van der Waals surface area contributed by atoms with E-state index >= 15 is 0 Å². The largest absolute Gasteiger partial charge is 0.437 e. The molecule has 1 rings (SSSR count). The molecule has 1 aromatic rings. The van der Waals surface area contributed by atoms with Crippen molar-refractivity contribution in [3.8, 4) is 0 Å². The van der Waals surface area contributed by atoms with E-state index in [1.807, 2.05) is 0 Å². The highest BCUT2D eigenvalue weighted by atomic mass is 19.4. The highest BCUT2D eigenvalue weighted by molar-refractivity contribution is 5.66. The third kappa shape index (κ3) is 1.61. The second-order valence-electron chi connectivity index (χ2n) is 3.10. The molecule has 0 aromatic carbocycles. The van der Waals surface area contributed by atoms with Crippen LogP contribution in [0.3, 0.4) is 0 Å². The number of halogens is 3. The van der Waals surface area contributed by atoms with Crippen LogP contribution in [0.15, 0.2) is 0 Å². The van der Waals surface area contributed by atoms with Crippen molar-refractivity contribution in [2.24, 2.45) is 7.05 Å². The zero-order valence-electron chi connectivity index (χ0n) is 8.05. The quantitative estimate of drug-likeness (QED) is 0.751. The van der Waals surface area contributed by atoms with Gasteiger partial charge < -0.3 is 10.6 Å². The van der Waals surface area contributed by atoms with Crippen LogP contribution in [0.1, 0.15) is 5.69 Å². The number of anilines is 2. The Morgan fingerprint density at radius 2 is 1.86 bits per heavy atom. The van der Waals surface area contributed by atoms with E-state index in [0.717, 1.165) is 4.68 Å². The Morgan fingerprint density at radius 1 is 1.36 bits per heavy atom. The molecular formula is C7H11F3N4. The summed E-state index contributed by atoms with van der Waals surface area (Å²) in [7, 11) is 4.63. The van der Waals surface area contributed by atoms with Crippen LogP contribution in [0.25, 0.3) is 0 Å². The summed E-state index contributed by atoms with van der Waals surface area (Å²) in [6, 6.07) is 0. The predicted octanol–water partition coefficient (Wildman–Crippen LogP) is 1.09. The van der Waals surface area contributed by atoms with Crippen LogP contribution in [0.5, 0.6) is 0 Å². The second-order valence-corrected chi connectivity index (χ2v) is 3.10. The number of hydrogen-bond acceptors (Lipinski definition) is 3. The maximum Gasteiger partial charge on any atom is 0.437 e. The lowest BCUT2D eigenvalue weighted by Gasteiger charge is -2.12. The van der Waals surface area contributed by atoms with E-state index in [4.69, 9.17) is 5.73 Å². The lowest BCUT2D eigenvalue weighted by molar-refractivity contribution is -0.140. The van der Waals surface area contributed by atoms with Crippen LogP contribution in [-0.2, 0) is 13.2 Å². The summed E-state index contributed by atoms with van der Waals surface area (Å²) >= 11 is 0. The summed E-state index contributed by atoms with van der Waals surface area (Å²) in [4.78, 5) is 1.48. The summed E-state index contributed by atoms with van der Waals surface area (Å²) in [6.45, 7) is 0. The van der Waals surface area contributed by atoms with E-state index in [1.165, 1.54) is 11.9 Å². The number of aryl methyl sites for hydroxylation is 1. The minimum atomic E-state index is -4.50. The number of nitrogen functional groups attached to an aromatic ring is 1. The van der Waals surface area contributed by atoms with Crippen molar-refractivity contribution in [2.45, 2.75) is 6.18 Å². The Hall–Kier alpha value is -1.40. The Morgan fingerprint density at radius 3 is 2.07 bits per heavy atom. The smallest absolute Gasteiger partial charge is 0.394 e. The van der Waals surface area contributed by atoms with E-state index in [-0.39, 0.29) is 11.5 Å². The Kier molecular flexibility index (Phi) is 2.34. The van der Waals surface area contributed by atoms with Crippen molar-refractivity contribution in [1.29, 1.82) is 0 Å². The average Bonchev–Trinajstić information content (AvgIpc) is 2.24. The molecule has 4 nitrogen and oxygen atoms in total. The van der Waals surface area contributed by atoms with Gasteiger partial charge >= 0.3 is 6.18 Å². The van der Waals surface area contributed by atoms with Crippen LogP contribution in [0.4, 0.5) is 24.7 Å². The minimum absolute atomic E-state index is 0.248. The molecule has 7 heteroatoms. The second kappa shape index (κ2) is 3.07. The lowest BCUT2D eigenvalue weighted by atomic mass is 10.3. The third-order valence-corrected chi connectivity index (χ3v) is 1.74. The van der Waals surface area contributed by atoms with Crippen molar-refractivity contribution < 1.29 is 13.2 Å². The molecule has 0 saturated carbocycles. The zero-order valence-corrected chi connectivity index (χ0v) is 8.05. The summed E-state index contributed by atoms with van der Waals surface area (Å²) in [5.74, 6) is 0.248. The number of rotatable bonds is 1. The van der Waals surface area contributed by atoms with Gasteiger partial charge in [0.05, 0.1) is 0 Å². The van der Waals surface area contributed by atoms with Crippen molar-refractivity contribution >= 4 is 11.5 Å². The van der Waals surface area contributed by atoms with Crippen molar-refractivity contribution in [1.82, 2.24) is 9.78 Å². The molecule has 0 radical (unpaired) electrons. The number of nitrogens with zero attached hydrogens (tertiary/aromatic N) is 3. The number of alkyl halides is 3. The fraction of sp³-hybridized carbons (Fsp3) is 0.571. The molecule has 0 aliphatic heterocycles. The van der Waals surface area contributed by atoms with Gasteiger partial charge in [-0.25, -0.2) is 0 Å². The number of aromatic nitrogens is 2. The van der Waals surface area contributed by atoms with Crippen LogP contribution < -0.4 is 10.6 Å². The molecule has 0 fully saturated rings. The summed E-state index contributed by atoms with van der Waals surface area (Å²) in [5.41, 5.74) is 3.97. The number of nitrogens with two attached hydrogens (primary N) is 1. The molecule has 0 atom stereocenters. The normalized spacial score (nSPS) is 11.9. The average molecular weight is 208 g/mol. The molecular weight excluding hydrogens is 197 g/mol. The Labute approximate surface area is 79.1 Å². The third-order valence-electron chi connectivity index (χ3n) is 1.74. The fourth-order valence-corrected chi connectivity index (χ4v) is 1.27. The van der Waals surface area contributed by atoms with Gasteiger partial charge in [0, 0.05) is 21.1 Å². The van der Waals surface area contributed by atoms with Gasteiger partial charge in [0.1, 0.15) is 11.5 Å². The first-order valence-electron chi connectivity index (χ1n) is 3.82. The van der Waals surface area contributed by atoms with Gasteiger partial charge in [0.25, 0.3) is 0 Å². The van der Waals surface area contributed by atoms with Crippen LogP contribution in [0.2, 0.25) is 0 Å². The molecule has 2 N–H and O–H groups in total. The highest BCUT2D eigenvalue weighted by Crippen LogP contribution is 2.36. The van der Waals surface area contributed by atoms with Crippen LogP contribution in [-0.4, -0.2) is 23.9 Å². The predicted molar refractivity (Wildman–Crippen MR) is 46.9 cm³/mol. The molecule has 0 amide bonds. The van der Waals surface area contributed by atoms with E-state index in [2.05, 4.69) is 5.10 Å². The molecule has 1 heterocycles. The van der Waals surface area contributed by atoms with Crippen molar-refractivity contribution in [3.63, 3.8) is 0 Å². The molecule has 0 saturated heterocycles. The SMILES string of the molecule is CN(C)c1c(N)c(C(F)(F)F)nn1C. The first kappa shape index (κ1) is 10.7. The Bertz CT molecular complexity index is 339. The van der Waals surface area contributed by atoms with Crippen LogP contribution >= 0.6 is 0 Å². The molecule has 0 aliphatic carbocycles. The molecule has 1 aromatic heterocycles. The molecule has 0 unspecified atom stereocenters. The van der Waals surface area contributed by atoms with E-state index in [0.29, 0.717) is 0 Å². The molecule has 14 heavy (non-hydrogen) atoms. The molecule has 0 aliphatic rings. The van der Waals surface area contributed by atoms with Gasteiger partial charge in [0.15, 0.2) is 5.69 Å². The summed E-state index contributed by atoms with van der Waals surface area (Å²) in [6.07, 6.45) is -4.50. The maximum atomic E-state index is 12.3. The van der Waals surface area contributed by atoms with Crippen molar-refractivity contribution in [2.75, 3.05) is 24.7 Å². The van der Waals surface area contributed by atoms with Crippen LogP contribution in [0, 0.1) is 0 Å². The minimum Gasteiger partial charge on any atom is -0.394 e. The lowest BCUT2D eigenvalue weighted by Crippen LogP contribution is -2.14. The topological polar surface area (TPSA) is 47.1 Å². The Balaban J connectivity index is 3.31. The summed E-state index contributed by atoms with van der Waals surface area (Å²) in [5, 5.41) is 3.33. The highest BCUT2D eigenvalue weighted by Gasteiger charge is 2.38. The van der Waals surface area contributed by atoms with E-state index < -0.39 is 11.9 Å². The maximum absolute atomic E-state index is 12.3. The first-order valence-corrected chi connectivity index (χ1v) is 3.82. The van der Waals surface area contributed by atoms with Gasteiger partial charge in [0.2, 0.25) is 0 Å². The van der Waals surface area contributed by atoms with Gasteiger partial charge in [-0.15, -0.1) is 0 Å². The molecule has 0 spiro atoms. The van der Waals surface area contributed by atoms with Gasteiger partial charge in [-0.2, -0.15) is 18.3 Å². The van der Waals surface area contributed by atoms with Gasteiger partial charge in [-0.3, -0.25) is 4.68 Å². The van der Waals surface area contributed by atoms with Gasteiger partial charge in [-0.05, 0) is 0 Å². The molecule has 0 bridgehead atoms. The summed E-state index contributed by atoms with van der Waals surface area (Å²) < 4.78 is 38.1. The van der Waals surface area contributed by atoms with Gasteiger partial charge in [-0.1, -0.05) is 0 Å². The van der Waals surface area contributed by atoms with Crippen molar-refractivity contribution in [3.05, 3.63) is 5.69 Å². The number of hydrogen-bond donors (Lipinski definition) is 1. The molecule has 80 valence electrons. The van der Waals surface area contributed by atoms with E-state index in [9.17, 15) is 13.2 Å². The fourth-order valence-electron chi connectivity index (χ4n) is 1.27. The monoisotopic (exact) mass is 208 g/mol. The zero-order chi connectivity index (χ0) is 11.1. The van der Waals surface area contributed by atoms with E-state index in [1.54, 1.807) is 14.1 Å².